The summed E-state index contributed by atoms with van der Waals surface area (Å²) < 4.78 is 10.1. The summed E-state index contributed by atoms with van der Waals surface area (Å²) in [4.78, 5) is 49.9. The van der Waals surface area contributed by atoms with Crippen LogP contribution in [0, 0.1) is 6.92 Å². The molecule has 0 aliphatic carbocycles. The predicted octanol–water partition coefficient (Wildman–Crippen LogP) is 1.78. The molecule has 4 amide bonds. The van der Waals surface area contributed by atoms with Gasteiger partial charge in [0.15, 0.2) is 6.61 Å². The lowest BCUT2D eigenvalue weighted by Gasteiger charge is -2.22. The van der Waals surface area contributed by atoms with Crippen molar-refractivity contribution in [1.82, 2.24) is 15.5 Å². The van der Waals surface area contributed by atoms with Crippen LogP contribution in [-0.2, 0) is 24.7 Å². The number of carbonyl (C=O) groups excluding carboxylic acids is 4. The van der Waals surface area contributed by atoms with Gasteiger partial charge in [-0.3, -0.25) is 19.3 Å². The molecule has 2 heterocycles. The molecule has 9 heteroatoms. The number of benzene rings is 1. The van der Waals surface area contributed by atoms with E-state index in [0.29, 0.717) is 11.3 Å². The third kappa shape index (κ3) is 4.35. The van der Waals surface area contributed by atoms with Crippen LogP contribution in [0.2, 0.25) is 0 Å². The zero-order valence-electron chi connectivity index (χ0n) is 16.9. The summed E-state index contributed by atoms with van der Waals surface area (Å²) in [5, 5.41) is 5.24. The van der Waals surface area contributed by atoms with Crippen molar-refractivity contribution in [2.45, 2.75) is 32.4 Å². The molecular formula is C21H23N3O6. The molecule has 0 saturated carbocycles. The number of ether oxygens (including phenoxy) is 1. The predicted molar refractivity (Wildman–Crippen MR) is 105 cm³/mol. The summed E-state index contributed by atoms with van der Waals surface area (Å²) in [6, 6.07) is 9.47. The Bertz CT molecular complexity index is 954. The molecule has 1 aliphatic rings. The Morgan fingerprint density at radius 1 is 1.23 bits per heavy atom. The fourth-order valence-corrected chi connectivity index (χ4v) is 3.14. The first-order chi connectivity index (χ1) is 14.2. The molecule has 1 fully saturated rings. The lowest BCUT2D eigenvalue weighted by molar-refractivity contribution is -0.151. The van der Waals surface area contributed by atoms with Crippen LogP contribution in [0.5, 0.6) is 0 Å². The van der Waals surface area contributed by atoms with E-state index in [9.17, 15) is 19.2 Å². The number of esters is 1. The molecule has 0 spiro atoms. The molecule has 1 aliphatic heterocycles. The molecule has 30 heavy (non-hydrogen) atoms. The minimum absolute atomic E-state index is 0.396. The van der Waals surface area contributed by atoms with Crippen molar-refractivity contribution in [2.75, 3.05) is 13.2 Å². The highest BCUT2D eigenvalue weighted by Gasteiger charge is 2.49. The van der Waals surface area contributed by atoms with Crippen LogP contribution in [-0.4, -0.2) is 41.9 Å². The van der Waals surface area contributed by atoms with E-state index in [1.807, 2.05) is 19.1 Å². The fourth-order valence-electron chi connectivity index (χ4n) is 3.14. The van der Waals surface area contributed by atoms with Gasteiger partial charge in [-0.2, -0.15) is 0 Å². The van der Waals surface area contributed by atoms with Gasteiger partial charge in [-0.05, 0) is 38.5 Å². The van der Waals surface area contributed by atoms with Crippen molar-refractivity contribution in [3.8, 4) is 0 Å². The number of furan rings is 1. The van der Waals surface area contributed by atoms with Crippen molar-refractivity contribution in [1.29, 1.82) is 0 Å². The first-order valence-electron chi connectivity index (χ1n) is 9.40. The lowest BCUT2D eigenvalue weighted by Crippen LogP contribution is -2.42. The number of nitrogens with one attached hydrogen (secondary N) is 2. The topological polar surface area (TPSA) is 118 Å². The molecule has 2 N–H and O–H groups in total. The van der Waals surface area contributed by atoms with Gasteiger partial charge in [-0.1, -0.05) is 29.8 Å². The molecule has 0 bridgehead atoms. The van der Waals surface area contributed by atoms with Crippen LogP contribution < -0.4 is 10.6 Å². The molecule has 1 aromatic carbocycles. The van der Waals surface area contributed by atoms with Crippen LogP contribution >= 0.6 is 0 Å². The third-order valence-corrected chi connectivity index (χ3v) is 4.90. The highest BCUT2D eigenvalue weighted by atomic mass is 16.5. The van der Waals surface area contributed by atoms with Crippen molar-refractivity contribution in [3.63, 3.8) is 0 Å². The Kier molecular flexibility index (Phi) is 5.91. The molecule has 1 saturated heterocycles. The molecule has 3 rings (SSSR count). The minimum atomic E-state index is -1.28. The van der Waals surface area contributed by atoms with Crippen molar-refractivity contribution in [3.05, 3.63) is 59.5 Å². The molecule has 158 valence electrons. The number of amides is 4. The summed E-state index contributed by atoms with van der Waals surface area (Å²) >= 11 is 0. The van der Waals surface area contributed by atoms with Crippen molar-refractivity contribution in [2.24, 2.45) is 0 Å². The monoisotopic (exact) mass is 413 g/mol. The lowest BCUT2D eigenvalue weighted by atomic mass is 9.91. The maximum atomic E-state index is 12.8. The van der Waals surface area contributed by atoms with E-state index in [1.165, 1.54) is 6.26 Å². The Hall–Kier alpha value is -3.62. The highest BCUT2D eigenvalue weighted by molar-refractivity contribution is 6.08. The summed E-state index contributed by atoms with van der Waals surface area (Å²) in [6.45, 7) is 4.08. The Morgan fingerprint density at radius 3 is 2.57 bits per heavy atom. The van der Waals surface area contributed by atoms with Gasteiger partial charge < -0.3 is 19.8 Å². The van der Waals surface area contributed by atoms with Gasteiger partial charge in [0.2, 0.25) is 0 Å². The van der Waals surface area contributed by atoms with E-state index in [0.717, 1.165) is 10.5 Å². The molecule has 2 atom stereocenters. The van der Waals surface area contributed by atoms with Crippen LogP contribution in [0.25, 0.3) is 0 Å². The van der Waals surface area contributed by atoms with Crippen LogP contribution in [0.4, 0.5) is 4.79 Å². The van der Waals surface area contributed by atoms with Crippen molar-refractivity contribution >= 4 is 23.8 Å². The van der Waals surface area contributed by atoms with Gasteiger partial charge in [0, 0.05) is 0 Å². The zero-order valence-corrected chi connectivity index (χ0v) is 16.9. The number of carbonyl (C=O) groups is 4. The van der Waals surface area contributed by atoms with Crippen LogP contribution in [0.3, 0.4) is 0 Å². The van der Waals surface area contributed by atoms with Gasteiger partial charge in [-0.25, -0.2) is 4.79 Å². The summed E-state index contributed by atoms with van der Waals surface area (Å²) in [5.41, 5.74) is 0.341. The maximum absolute atomic E-state index is 12.8. The Labute approximate surface area is 173 Å². The number of rotatable bonds is 7. The van der Waals surface area contributed by atoms with E-state index in [1.54, 1.807) is 38.1 Å². The van der Waals surface area contributed by atoms with Gasteiger partial charge >= 0.3 is 12.0 Å². The quantitative estimate of drug-likeness (QED) is 0.528. The van der Waals surface area contributed by atoms with E-state index < -0.39 is 48.5 Å². The molecule has 1 aromatic heterocycles. The second kappa shape index (κ2) is 8.40. The number of hydrogen-bond acceptors (Lipinski definition) is 6. The van der Waals surface area contributed by atoms with E-state index in [-0.39, 0.29) is 0 Å². The van der Waals surface area contributed by atoms with Gasteiger partial charge in [-0.15, -0.1) is 0 Å². The standard InChI is InChI=1S/C21H23N3O6/c1-13-6-8-15(9-7-13)21(3)19(27)24(20(28)23-21)11-18(26)30-12-17(25)22-14(2)16-5-4-10-29-16/h4-10,14H,11-12H2,1-3H3,(H,22,25)(H,23,28)/t14-,21+/m0/s1. The highest BCUT2D eigenvalue weighted by Crippen LogP contribution is 2.28. The van der Waals surface area contributed by atoms with Gasteiger partial charge in [0.1, 0.15) is 17.8 Å². The molecular weight excluding hydrogens is 390 g/mol. The van der Waals surface area contributed by atoms with Gasteiger partial charge in [0.25, 0.3) is 11.8 Å². The van der Waals surface area contributed by atoms with E-state index >= 15 is 0 Å². The second-order valence-corrected chi connectivity index (χ2v) is 7.28. The normalized spacial score (nSPS) is 19.4. The summed E-state index contributed by atoms with van der Waals surface area (Å²) in [5.74, 6) is -1.41. The summed E-state index contributed by atoms with van der Waals surface area (Å²) in [7, 11) is 0. The SMILES string of the molecule is Cc1ccc([C@@]2(C)NC(=O)N(CC(=O)OCC(=O)N[C@@H](C)c3ccco3)C2=O)cc1. The number of aryl methyl sites for hydroxylation is 1. The number of urea groups is 1. The molecule has 2 aromatic rings. The molecule has 9 nitrogen and oxygen atoms in total. The number of nitrogens with zero attached hydrogens (tertiary/aromatic N) is 1. The smallest absolute Gasteiger partial charge is 0.326 e. The average Bonchev–Trinajstić information content (AvgIpc) is 3.31. The first-order valence-corrected chi connectivity index (χ1v) is 9.40. The molecule has 0 unspecified atom stereocenters. The number of hydrogen-bond donors (Lipinski definition) is 2. The average molecular weight is 413 g/mol. The van der Waals surface area contributed by atoms with Crippen LogP contribution in [0.1, 0.15) is 36.8 Å². The first kappa shape index (κ1) is 21.1. The van der Waals surface area contributed by atoms with E-state index in [4.69, 9.17) is 9.15 Å². The maximum Gasteiger partial charge on any atom is 0.326 e. The second-order valence-electron chi connectivity index (χ2n) is 7.28. The van der Waals surface area contributed by atoms with Gasteiger partial charge in [0.05, 0.1) is 12.3 Å². The van der Waals surface area contributed by atoms with Crippen LogP contribution in [0.15, 0.2) is 47.1 Å². The third-order valence-electron chi connectivity index (χ3n) is 4.90. The fraction of sp³-hybridized carbons (Fsp3) is 0.333. The number of imide groups is 1. The largest absolute Gasteiger partial charge is 0.467 e. The van der Waals surface area contributed by atoms with E-state index in [2.05, 4.69) is 10.6 Å². The van der Waals surface area contributed by atoms with Crippen molar-refractivity contribution < 1.29 is 28.3 Å². The summed E-state index contributed by atoms with van der Waals surface area (Å²) in [6.07, 6.45) is 1.49. The Morgan fingerprint density at radius 2 is 1.93 bits per heavy atom. The zero-order chi connectivity index (χ0) is 21.9. The molecule has 0 radical (unpaired) electrons. The Balaban J connectivity index is 1.54. The minimum Gasteiger partial charge on any atom is -0.467 e.